The van der Waals surface area contributed by atoms with Gasteiger partial charge < -0.3 is 10.6 Å². The Bertz CT molecular complexity index is 392. The van der Waals surface area contributed by atoms with E-state index in [0.717, 1.165) is 29.2 Å². The van der Waals surface area contributed by atoms with Crippen LogP contribution in [-0.2, 0) is 4.79 Å². The SMILES string of the molecule is Cc1cc(N)ccc1N1CCSCC1=O. The van der Waals surface area contributed by atoms with Gasteiger partial charge in [-0.2, -0.15) is 11.8 Å². The third-order valence-electron chi connectivity index (χ3n) is 2.50. The molecule has 1 saturated heterocycles. The summed E-state index contributed by atoms with van der Waals surface area (Å²) in [7, 11) is 0. The van der Waals surface area contributed by atoms with E-state index in [4.69, 9.17) is 5.73 Å². The maximum atomic E-state index is 11.7. The number of aryl methyl sites for hydroxylation is 1. The summed E-state index contributed by atoms with van der Waals surface area (Å²) in [6.07, 6.45) is 0. The number of amides is 1. The Hall–Kier alpha value is -1.16. The van der Waals surface area contributed by atoms with Gasteiger partial charge in [0.15, 0.2) is 0 Å². The fraction of sp³-hybridized carbons (Fsp3) is 0.364. The van der Waals surface area contributed by atoms with Crippen LogP contribution in [0.25, 0.3) is 0 Å². The van der Waals surface area contributed by atoms with Crippen molar-refractivity contribution in [2.75, 3.05) is 28.7 Å². The molecule has 0 atom stereocenters. The van der Waals surface area contributed by atoms with Gasteiger partial charge in [-0.1, -0.05) is 0 Å². The zero-order valence-electron chi connectivity index (χ0n) is 8.69. The number of hydrogen-bond donors (Lipinski definition) is 1. The molecule has 3 nitrogen and oxygen atoms in total. The Kier molecular flexibility index (Phi) is 2.86. The second-order valence-electron chi connectivity index (χ2n) is 3.64. The molecule has 0 aromatic heterocycles. The van der Waals surface area contributed by atoms with Crippen LogP contribution in [0.4, 0.5) is 11.4 Å². The van der Waals surface area contributed by atoms with Crippen molar-refractivity contribution in [1.29, 1.82) is 0 Å². The van der Waals surface area contributed by atoms with E-state index in [-0.39, 0.29) is 5.91 Å². The number of nitrogen functional groups attached to an aromatic ring is 1. The largest absolute Gasteiger partial charge is 0.399 e. The highest BCUT2D eigenvalue weighted by Crippen LogP contribution is 2.25. The second-order valence-corrected chi connectivity index (χ2v) is 4.75. The minimum atomic E-state index is 0.194. The Morgan fingerprint density at radius 2 is 2.27 bits per heavy atom. The molecule has 1 aliphatic rings. The number of anilines is 2. The molecule has 1 heterocycles. The standard InChI is InChI=1S/C11H14N2OS/c1-8-6-9(12)2-3-10(8)13-4-5-15-7-11(13)14/h2-3,6H,4-5,7,12H2,1H3. The molecule has 80 valence electrons. The first-order valence-electron chi connectivity index (χ1n) is 4.93. The Labute approximate surface area is 93.6 Å². The zero-order chi connectivity index (χ0) is 10.8. The van der Waals surface area contributed by atoms with E-state index in [2.05, 4.69) is 0 Å². The van der Waals surface area contributed by atoms with Crippen LogP contribution in [0.5, 0.6) is 0 Å². The summed E-state index contributed by atoms with van der Waals surface area (Å²) in [4.78, 5) is 13.6. The number of nitrogens with two attached hydrogens (primary N) is 1. The predicted molar refractivity (Wildman–Crippen MR) is 65.3 cm³/mol. The van der Waals surface area contributed by atoms with Gasteiger partial charge in [0.25, 0.3) is 0 Å². The van der Waals surface area contributed by atoms with Gasteiger partial charge >= 0.3 is 0 Å². The van der Waals surface area contributed by atoms with Crippen LogP contribution in [-0.4, -0.2) is 24.0 Å². The number of carbonyl (C=O) groups excluding carboxylic acids is 1. The van der Waals surface area contributed by atoms with E-state index in [0.29, 0.717) is 5.75 Å². The van der Waals surface area contributed by atoms with Gasteiger partial charge in [-0.25, -0.2) is 0 Å². The molecule has 1 aromatic rings. The maximum absolute atomic E-state index is 11.7. The molecule has 2 rings (SSSR count). The number of rotatable bonds is 1. The second kappa shape index (κ2) is 4.14. The zero-order valence-corrected chi connectivity index (χ0v) is 9.51. The minimum absolute atomic E-state index is 0.194. The Balaban J connectivity index is 2.31. The molecule has 4 heteroatoms. The number of hydrogen-bond acceptors (Lipinski definition) is 3. The molecule has 0 radical (unpaired) electrons. The molecule has 0 spiro atoms. The van der Waals surface area contributed by atoms with E-state index in [1.807, 2.05) is 30.0 Å². The topological polar surface area (TPSA) is 46.3 Å². The molecule has 0 aliphatic carbocycles. The minimum Gasteiger partial charge on any atom is -0.399 e. The van der Waals surface area contributed by atoms with Crippen molar-refractivity contribution in [3.8, 4) is 0 Å². The molecular weight excluding hydrogens is 208 g/mol. The lowest BCUT2D eigenvalue weighted by Crippen LogP contribution is -2.38. The summed E-state index contributed by atoms with van der Waals surface area (Å²) in [6.45, 7) is 2.79. The quantitative estimate of drug-likeness (QED) is 0.735. The molecule has 15 heavy (non-hydrogen) atoms. The van der Waals surface area contributed by atoms with Gasteiger partial charge in [0, 0.05) is 23.7 Å². The molecule has 0 unspecified atom stereocenters. The first-order valence-corrected chi connectivity index (χ1v) is 6.08. The average molecular weight is 222 g/mol. The lowest BCUT2D eigenvalue weighted by Gasteiger charge is -2.27. The Morgan fingerprint density at radius 1 is 1.47 bits per heavy atom. The van der Waals surface area contributed by atoms with Crippen molar-refractivity contribution in [2.45, 2.75) is 6.92 Å². The van der Waals surface area contributed by atoms with Gasteiger partial charge in [-0.05, 0) is 30.7 Å². The molecule has 1 amide bonds. The smallest absolute Gasteiger partial charge is 0.237 e. The molecule has 1 aliphatic heterocycles. The van der Waals surface area contributed by atoms with E-state index >= 15 is 0 Å². The van der Waals surface area contributed by atoms with Crippen LogP contribution < -0.4 is 10.6 Å². The summed E-state index contributed by atoms with van der Waals surface area (Å²) in [5.41, 5.74) is 8.49. The molecular formula is C11H14N2OS. The summed E-state index contributed by atoms with van der Waals surface area (Å²) in [6, 6.07) is 5.68. The van der Waals surface area contributed by atoms with Crippen molar-refractivity contribution in [3.05, 3.63) is 23.8 Å². The van der Waals surface area contributed by atoms with Crippen molar-refractivity contribution >= 4 is 29.0 Å². The molecule has 0 bridgehead atoms. The highest BCUT2D eigenvalue weighted by molar-refractivity contribution is 8.00. The van der Waals surface area contributed by atoms with Crippen LogP contribution in [0.1, 0.15) is 5.56 Å². The van der Waals surface area contributed by atoms with Crippen LogP contribution in [0.15, 0.2) is 18.2 Å². The lowest BCUT2D eigenvalue weighted by molar-refractivity contribution is -0.116. The lowest BCUT2D eigenvalue weighted by atomic mass is 10.1. The van der Waals surface area contributed by atoms with Crippen LogP contribution in [0.3, 0.4) is 0 Å². The van der Waals surface area contributed by atoms with E-state index in [1.54, 1.807) is 11.8 Å². The fourth-order valence-electron chi connectivity index (χ4n) is 1.75. The Morgan fingerprint density at radius 3 is 2.93 bits per heavy atom. The highest BCUT2D eigenvalue weighted by atomic mass is 32.2. The number of benzene rings is 1. The summed E-state index contributed by atoms with van der Waals surface area (Å²) >= 11 is 1.69. The summed E-state index contributed by atoms with van der Waals surface area (Å²) < 4.78 is 0. The summed E-state index contributed by atoms with van der Waals surface area (Å²) in [5.74, 6) is 1.79. The molecule has 1 fully saturated rings. The van der Waals surface area contributed by atoms with Crippen molar-refractivity contribution < 1.29 is 4.79 Å². The third kappa shape index (κ3) is 2.09. The van der Waals surface area contributed by atoms with Crippen LogP contribution in [0, 0.1) is 6.92 Å². The van der Waals surface area contributed by atoms with Crippen molar-refractivity contribution in [2.24, 2.45) is 0 Å². The number of carbonyl (C=O) groups is 1. The number of nitrogens with zero attached hydrogens (tertiary/aromatic N) is 1. The summed E-state index contributed by atoms with van der Waals surface area (Å²) in [5, 5.41) is 0. The van der Waals surface area contributed by atoms with Crippen molar-refractivity contribution in [1.82, 2.24) is 0 Å². The fourth-order valence-corrected chi connectivity index (χ4v) is 2.54. The molecule has 1 aromatic carbocycles. The first kappa shape index (κ1) is 10.4. The van der Waals surface area contributed by atoms with E-state index in [1.165, 1.54) is 0 Å². The van der Waals surface area contributed by atoms with Crippen molar-refractivity contribution in [3.63, 3.8) is 0 Å². The average Bonchev–Trinajstić information content (AvgIpc) is 2.20. The number of thioether (sulfide) groups is 1. The van der Waals surface area contributed by atoms with Crippen LogP contribution in [0.2, 0.25) is 0 Å². The first-order chi connectivity index (χ1) is 7.18. The monoisotopic (exact) mass is 222 g/mol. The molecule has 2 N–H and O–H groups in total. The van der Waals surface area contributed by atoms with Crippen LogP contribution >= 0.6 is 11.8 Å². The third-order valence-corrected chi connectivity index (χ3v) is 3.42. The van der Waals surface area contributed by atoms with Gasteiger partial charge in [-0.15, -0.1) is 0 Å². The van der Waals surface area contributed by atoms with Gasteiger partial charge in [-0.3, -0.25) is 4.79 Å². The van der Waals surface area contributed by atoms with E-state index < -0.39 is 0 Å². The molecule has 0 saturated carbocycles. The van der Waals surface area contributed by atoms with Gasteiger partial charge in [0.1, 0.15) is 0 Å². The predicted octanol–water partition coefficient (Wildman–Crippen LogP) is 1.66. The van der Waals surface area contributed by atoms with Gasteiger partial charge in [0.05, 0.1) is 5.75 Å². The van der Waals surface area contributed by atoms with E-state index in [9.17, 15) is 4.79 Å². The normalized spacial score (nSPS) is 16.9. The maximum Gasteiger partial charge on any atom is 0.237 e. The van der Waals surface area contributed by atoms with Gasteiger partial charge in [0.2, 0.25) is 5.91 Å². The highest BCUT2D eigenvalue weighted by Gasteiger charge is 2.20.